The maximum atomic E-state index is 12.5. The van der Waals surface area contributed by atoms with Gasteiger partial charge in [-0.15, -0.1) is 10.2 Å². The Morgan fingerprint density at radius 2 is 1.91 bits per heavy atom. The summed E-state index contributed by atoms with van der Waals surface area (Å²) in [4.78, 5) is 13.3. The first-order valence-electron chi connectivity index (χ1n) is 9.58. The standard InChI is InChI=1S/C21H20N6O3S2/c1-12-24-25-21-27(12)26-19(32-21)14-6-4-13(5-7-14)11-22-20(31)23-18(28)16-9-8-15(29-2)10-17(16)30-3/h4-10H,11H2,1-3H3,(H2,22,23,28,31). The molecule has 0 aliphatic carbocycles. The minimum Gasteiger partial charge on any atom is -0.497 e. The van der Waals surface area contributed by atoms with E-state index in [0.717, 1.165) is 26.9 Å². The first kappa shape index (κ1) is 21.7. The summed E-state index contributed by atoms with van der Waals surface area (Å²) in [7, 11) is 3.04. The summed E-state index contributed by atoms with van der Waals surface area (Å²) in [5, 5.41) is 19.4. The van der Waals surface area contributed by atoms with E-state index < -0.39 is 0 Å². The van der Waals surface area contributed by atoms with Crippen LogP contribution in [0.25, 0.3) is 15.5 Å². The number of aromatic nitrogens is 4. The second kappa shape index (κ2) is 9.28. The number of nitrogens with one attached hydrogen (secondary N) is 2. The molecule has 1 amide bonds. The van der Waals surface area contributed by atoms with E-state index >= 15 is 0 Å². The van der Waals surface area contributed by atoms with Crippen molar-refractivity contribution in [3.8, 4) is 22.1 Å². The molecule has 0 fully saturated rings. The fourth-order valence-corrected chi connectivity index (χ4v) is 4.03. The Labute approximate surface area is 193 Å². The van der Waals surface area contributed by atoms with Crippen LogP contribution in [-0.2, 0) is 6.54 Å². The molecule has 0 radical (unpaired) electrons. The Morgan fingerprint density at radius 3 is 2.59 bits per heavy atom. The van der Waals surface area contributed by atoms with Crippen molar-refractivity contribution < 1.29 is 14.3 Å². The zero-order valence-corrected chi connectivity index (χ0v) is 19.2. The highest BCUT2D eigenvalue weighted by molar-refractivity contribution is 7.80. The summed E-state index contributed by atoms with van der Waals surface area (Å²) >= 11 is 6.75. The van der Waals surface area contributed by atoms with Crippen molar-refractivity contribution in [3.63, 3.8) is 0 Å². The number of rotatable bonds is 6. The third kappa shape index (κ3) is 4.53. The quantitative estimate of drug-likeness (QED) is 0.417. The van der Waals surface area contributed by atoms with Gasteiger partial charge in [0.05, 0.1) is 19.8 Å². The molecule has 0 saturated heterocycles. The van der Waals surface area contributed by atoms with Gasteiger partial charge in [-0.3, -0.25) is 10.1 Å². The fourth-order valence-electron chi connectivity index (χ4n) is 2.98. The lowest BCUT2D eigenvalue weighted by Gasteiger charge is -2.12. The monoisotopic (exact) mass is 468 g/mol. The van der Waals surface area contributed by atoms with Crippen molar-refractivity contribution in [2.24, 2.45) is 0 Å². The highest BCUT2D eigenvalue weighted by Gasteiger charge is 2.15. The van der Waals surface area contributed by atoms with E-state index in [2.05, 4.69) is 25.9 Å². The zero-order valence-electron chi connectivity index (χ0n) is 17.6. The van der Waals surface area contributed by atoms with Crippen LogP contribution in [0.2, 0.25) is 0 Å². The van der Waals surface area contributed by atoms with E-state index in [-0.39, 0.29) is 11.0 Å². The average molecular weight is 469 g/mol. The van der Waals surface area contributed by atoms with Crippen LogP contribution in [0.5, 0.6) is 11.5 Å². The molecule has 0 aliphatic heterocycles. The lowest BCUT2D eigenvalue weighted by Crippen LogP contribution is -2.39. The van der Waals surface area contributed by atoms with Crippen molar-refractivity contribution in [3.05, 3.63) is 59.4 Å². The predicted octanol–water partition coefficient (Wildman–Crippen LogP) is 2.98. The van der Waals surface area contributed by atoms with Crippen LogP contribution in [-0.4, -0.2) is 45.1 Å². The lowest BCUT2D eigenvalue weighted by atomic mass is 10.1. The minimum absolute atomic E-state index is 0.223. The lowest BCUT2D eigenvalue weighted by molar-refractivity contribution is 0.0973. The molecule has 0 unspecified atom stereocenters. The number of hydrogen-bond acceptors (Lipinski definition) is 8. The van der Waals surface area contributed by atoms with Gasteiger partial charge in [-0.25, -0.2) is 0 Å². The summed E-state index contributed by atoms with van der Waals surface area (Å²) in [6, 6.07) is 12.9. The Hall–Kier alpha value is -3.57. The van der Waals surface area contributed by atoms with E-state index in [1.165, 1.54) is 18.4 Å². The molecule has 0 bridgehead atoms. The highest BCUT2D eigenvalue weighted by atomic mass is 32.1. The van der Waals surface area contributed by atoms with E-state index in [0.29, 0.717) is 23.6 Å². The molecule has 32 heavy (non-hydrogen) atoms. The number of ether oxygens (including phenoxy) is 2. The smallest absolute Gasteiger partial charge is 0.261 e. The number of methoxy groups -OCH3 is 2. The second-order valence-electron chi connectivity index (χ2n) is 6.75. The summed E-state index contributed by atoms with van der Waals surface area (Å²) in [6.07, 6.45) is 0. The maximum absolute atomic E-state index is 12.5. The van der Waals surface area contributed by atoms with Crippen LogP contribution < -0.4 is 20.1 Å². The predicted molar refractivity (Wildman–Crippen MR) is 125 cm³/mol. The van der Waals surface area contributed by atoms with Gasteiger partial charge in [0, 0.05) is 18.2 Å². The molecule has 0 atom stereocenters. The van der Waals surface area contributed by atoms with Gasteiger partial charge in [-0.2, -0.15) is 9.61 Å². The van der Waals surface area contributed by atoms with Gasteiger partial charge >= 0.3 is 0 Å². The Bertz CT molecular complexity index is 1280. The Balaban J connectivity index is 1.35. The number of benzene rings is 2. The van der Waals surface area contributed by atoms with Crippen LogP contribution in [0.15, 0.2) is 42.5 Å². The molecule has 2 N–H and O–H groups in total. The normalized spacial score (nSPS) is 10.7. The van der Waals surface area contributed by atoms with E-state index in [4.69, 9.17) is 21.7 Å². The third-order valence-corrected chi connectivity index (χ3v) is 5.88. The number of nitrogens with zero attached hydrogens (tertiary/aromatic N) is 4. The van der Waals surface area contributed by atoms with E-state index in [1.54, 1.807) is 29.8 Å². The SMILES string of the molecule is COc1ccc(C(=O)NC(=S)NCc2ccc(-c3nn4c(C)nnc4s3)cc2)c(OC)c1. The molecular weight excluding hydrogens is 448 g/mol. The first-order valence-corrected chi connectivity index (χ1v) is 10.8. The highest BCUT2D eigenvalue weighted by Crippen LogP contribution is 2.26. The maximum Gasteiger partial charge on any atom is 0.261 e. The van der Waals surface area contributed by atoms with Gasteiger partial charge in [0.25, 0.3) is 5.91 Å². The number of hydrogen-bond donors (Lipinski definition) is 2. The summed E-state index contributed by atoms with van der Waals surface area (Å²) < 4.78 is 12.2. The minimum atomic E-state index is -0.365. The van der Waals surface area contributed by atoms with Crippen molar-refractivity contribution in [2.75, 3.05) is 14.2 Å². The van der Waals surface area contributed by atoms with Gasteiger partial charge in [-0.1, -0.05) is 35.6 Å². The number of aryl methyl sites for hydroxylation is 1. The molecule has 0 aliphatic rings. The van der Waals surface area contributed by atoms with Gasteiger partial charge in [-0.05, 0) is 36.8 Å². The van der Waals surface area contributed by atoms with E-state index in [9.17, 15) is 4.79 Å². The molecule has 0 saturated carbocycles. The largest absolute Gasteiger partial charge is 0.497 e. The van der Waals surface area contributed by atoms with E-state index in [1.807, 2.05) is 31.2 Å². The number of carbonyl (C=O) groups excluding carboxylic acids is 1. The van der Waals surface area contributed by atoms with Crippen molar-refractivity contribution in [1.29, 1.82) is 0 Å². The molecular formula is C21H20N6O3S2. The van der Waals surface area contributed by atoms with Crippen LogP contribution in [0, 0.1) is 6.92 Å². The Kier molecular flexibility index (Phi) is 6.28. The van der Waals surface area contributed by atoms with Gasteiger partial charge in [0.2, 0.25) is 4.96 Å². The van der Waals surface area contributed by atoms with Crippen LogP contribution in [0.1, 0.15) is 21.7 Å². The molecule has 11 heteroatoms. The van der Waals surface area contributed by atoms with Crippen LogP contribution in [0.3, 0.4) is 0 Å². The average Bonchev–Trinajstić information content (AvgIpc) is 3.39. The molecule has 4 rings (SSSR count). The van der Waals surface area contributed by atoms with Crippen LogP contribution in [0.4, 0.5) is 0 Å². The summed E-state index contributed by atoms with van der Waals surface area (Å²) in [5.41, 5.74) is 2.36. The molecule has 2 heterocycles. The first-order chi connectivity index (χ1) is 15.5. The third-order valence-electron chi connectivity index (χ3n) is 4.68. The second-order valence-corrected chi connectivity index (χ2v) is 8.11. The topological polar surface area (TPSA) is 103 Å². The summed E-state index contributed by atoms with van der Waals surface area (Å²) in [6.45, 7) is 2.33. The molecule has 0 spiro atoms. The van der Waals surface area contributed by atoms with Crippen molar-refractivity contribution in [1.82, 2.24) is 30.4 Å². The van der Waals surface area contributed by atoms with Gasteiger partial charge < -0.3 is 14.8 Å². The zero-order chi connectivity index (χ0) is 22.7. The van der Waals surface area contributed by atoms with Crippen molar-refractivity contribution in [2.45, 2.75) is 13.5 Å². The fraction of sp³-hybridized carbons (Fsp3) is 0.190. The molecule has 2 aromatic carbocycles. The molecule has 4 aromatic rings. The van der Waals surface area contributed by atoms with Crippen LogP contribution >= 0.6 is 23.6 Å². The number of fused-ring (bicyclic) bond motifs is 1. The van der Waals surface area contributed by atoms with Crippen molar-refractivity contribution >= 4 is 39.5 Å². The molecule has 9 nitrogen and oxygen atoms in total. The molecule has 164 valence electrons. The number of amides is 1. The molecule has 2 aromatic heterocycles. The van der Waals surface area contributed by atoms with Gasteiger partial charge in [0.1, 0.15) is 16.5 Å². The van der Waals surface area contributed by atoms with Gasteiger partial charge in [0.15, 0.2) is 10.9 Å². The number of thiocarbonyl (C=S) groups is 1. The summed E-state index contributed by atoms with van der Waals surface area (Å²) in [5.74, 6) is 1.39. The Morgan fingerprint density at radius 1 is 1.12 bits per heavy atom. The number of carbonyl (C=O) groups is 1.